The molecule has 0 radical (unpaired) electrons. The zero-order chi connectivity index (χ0) is 168. The van der Waals surface area contributed by atoms with E-state index in [1.54, 1.807) is 13.8 Å². The van der Waals surface area contributed by atoms with Crippen LogP contribution in [0.3, 0.4) is 0 Å². The molecule has 0 bridgehead atoms. The Morgan fingerprint density at radius 2 is 0.580 bits per heavy atom. The van der Waals surface area contributed by atoms with Gasteiger partial charge in [-0.2, -0.15) is 0 Å². The van der Waals surface area contributed by atoms with Gasteiger partial charge in [0.2, 0.25) is 0 Å². The summed E-state index contributed by atoms with van der Waals surface area (Å²) in [6.07, 6.45) is 12.1. The van der Waals surface area contributed by atoms with Crippen LogP contribution in [0.4, 0.5) is 0 Å². The van der Waals surface area contributed by atoms with Gasteiger partial charge in [-0.15, -0.1) is 0 Å². The molecule has 119 heavy (non-hydrogen) atoms. The summed E-state index contributed by atoms with van der Waals surface area (Å²) >= 11 is 0. The molecule has 0 saturated heterocycles. The van der Waals surface area contributed by atoms with Gasteiger partial charge in [0.1, 0.15) is 0 Å². The molecule has 0 atom stereocenters. The molecule has 0 fully saturated rings. The first kappa shape index (κ1) is 55.4. The Hall–Kier alpha value is 0. The molecule has 0 heteroatoms. The molecule has 0 N–H and O–H groups in total. The largest absolute Gasteiger partial charge is 0.0656 e. The highest BCUT2D eigenvalue weighted by atomic mass is 14.2. The molecule has 0 aliphatic carbocycles. The van der Waals surface area contributed by atoms with Crippen molar-refractivity contribution >= 4 is 0 Å². The predicted octanol–water partition coefficient (Wildman–Crippen LogP) is 49.9. The lowest BCUT2D eigenvalue weighted by Gasteiger charge is -2.22. The van der Waals surface area contributed by atoms with E-state index in [-0.39, 0.29) is 25.7 Å². The van der Waals surface area contributed by atoms with Gasteiger partial charge in [0.05, 0.1) is 0 Å². The third-order valence-corrected chi connectivity index (χ3v) is 12.2. The second-order valence-corrected chi connectivity index (χ2v) is 34.2. The summed E-state index contributed by atoms with van der Waals surface area (Å²) in [6.45, 7) is 38.4. The first-order valence-corrected chi connectivity index (χ1v) is 45.4. The average molecular weight is 1800 g/mol. The minimum atomic E-state index is -3.48. The molecule has 0 amide bonds. The zero-order valence-corrected chi connectivity index (χ0v) is 90.3. The summed E-state index contributed by atoms with van der Waals surface area (Å²) in [5, 5.41) is 0. The number of rotatable bonds is 20. The van der Waals surface area contributed by atoms with Crippen LogP contribution in [0.1, 0.15) is 796 Å². The fraction of sp³-hybridized carbons (Fsp3) is 1.00. The van der Waals surface area contributed by atoms with E-state index in [4.69, 9.17) is 107 Å². The minimum absolute atomic E-state index is 0.0312. The van der Waals surface area contributed by atoms with Crippen molar-refractivity contribution in [2.45, 2.75) is 689 Å². The first-order chi connectivity index (χ1) is 84.4. The number of hydrogen-bond acceptors (Lipinski definition) is 0. The van der Waals surface area contributed by atoms with E-state index in [9.17, 15) is 0 Å². The third kappa shape index (κ3) is 820. The summed E-state index contributed by atoms with van der Waals surface area (Å²) in [6, 6.07) is 0. The van der Waals surface area contributed by atoms with Crippen molar-refractivity contribution < 1.29 is 107 Å². The molecule has 0 saturated carbocycles. The fourth-order valence-electron chi connectivity index (χ4n) is 2.11. The van der Waals surface area contributed by atoms with Crippen molar-refractivity contribution in [1.82, 2.24) is 0 Å². The summed E-state index contributed by atoms with van der Waals surface area (Å²) in [7, 11) is 0. The maximum atomic E-state index is 7.39. The van der Waals surface area contributed by atoms with Gasteiger partial charge in [-0.25, -0.2) is 0 Å². The number of unbranched alkanes of at least 4 members (excludes halogenated alkanes) is 10. The highest BCUT2D eigenvalue weighted by molar-refractivity contribution is 4.64. The van der Waals surface area contributed by atoms with Gasteiger partial charge in [0, 0.05) is 107 Å². The van der Waals surface area contributed by atoms with Crippen molar-refractivity contribution in [2.75, 3.05) is 0 Å². The second-order valence-electron chi connectivity index (χ2n) is 34.2. The molecular formula is C119H286. The Labute approximate surface area is 893 Å². The van der Waals surface area contributed by atoms with Gasteiger partial charge in [0.15, 0.2) is 0 Å². The summed E-state index contributed by atoms with van der Waals surface area (Å²) < 4.78 is 543. The van der Waals surface area contributed by atoms with Crippen LogP contribution in [-0.2, 0) is 0 Å². The van der Waals surface area contributed by atoms with Gasteiger partial charge < -0.3 is 0 Å². The Bertz CT molecular complexity index is 3780. The summed E-state index contributed by atoms with van der Waals surface area (Å²) in [5.41, 5.74) is -7.21. The normalized spacial score (nSPS) is 22.7. The Balaban J connectivity index is -0.0000000729. The highest BCUT2D eigenvalue weighted by Gasteiger charge is 2.14. The van der Waals surface area contributed by atoms with E-state index >= 15 is 0 Å². The quantitative estimate of drug-likeness (QED) is 0.107. The molecule has 0 nitrogen and oxygen atoms in total. The van der Waals surface area contributed by atoms with Crippen LogP contribution in [0.2, 0.25) is 0 Å². The molecular weight excluding hydrogens is 1430 g/mol. The van der Waals surface area contributed by atoms with Crippen LogP contribution in [0, 0.1) is 97.5 Å². The number of hydrogen-bond donors (Lipinski definition) is 0. The van der Waals surface area contributed by atoms with Crippen LogP contribution in [-0.4, -0.2) is 0 Å². The Kier molecular flexibility index (Phi) is 75.1. The second kappa shape index (κ2) is 162. The van der Waals surface area contributed by atoms with Crippen LogP contribution in [0.15, 0.2) is 0 Å². The molecule has 0 aliphatic heterocycles. The predicted molar refractivity (Wildman–Crippen MR) is 599 cm³/mol. The molecule has 0 spiro atoms. The van der Waals surface area contributed by atoms with Gasteiger partial charge >= 0.3 is 0 Å². The maximum absolute atomic E-state index is 7.39. The van der Waals surface area contributed by atoms with Gasteiger partial charge in [-0.05, 0) is 97.5 Å². The topological polar surface area (TPSA) is 0 Å². The molecule has 0 aromatic rings. The van der Waals surface area contributed by atoms with Gasteiger partial charge in [-0.1, -0.05) is 689 Å². The Morgan fingerprint density at radius 3 is 0.605 bits per heavy atom. The first-order valence-electron chi connectivity index (χ1n) is 84.4. The van der Waals surface area contributed by atoms with Crippen molar-refractivity contribution in [1.29, 1.82) is 0 Å². The molecule has 0 aromatic heterocycles. The van der Waals surface area contributed by atoms with E-state index < -0.39 is 228 Å². The molecule has 762 valence electrons. The smallest absolute Gasteiger partial charge is 0.0297 e. The lowest BCUT2D eigenvalue weighted by atomic mass is 9.84. The van der Waals surface area contributed by atoms with E-state index in [0.29, 0.717) is 23.2 Å². The van der Waals surface area contributed by atoms with Crippen molar-refractivity contribution in [3.05, 3.63) is 0 Å². The fourth-order valence-corrected chi connectivity index (χ4v) is 2.11. The molecule has 0 aromatic carbocycles. The van der Waals surface area contributed by atoms with Crippen LogP contribution < -0.4 is 0 Å². The van der Waals surface area contributed by atoms with E-state index in [0.717, 1.165) is 76.0 Å². The molecule has 0 rings (SSSR count). The monoisotopic (exact) mass is 1790 g/mol. The van der Waals surface area contributed by atoms with Crippen LogP contribution >= 0.6 is 0 Å². The van der Waals surface area contributed by atoms with Crippen molar-refractivity contribution in [2.24, 2.45) is 97.5 Å². The third-order valence-electron chi connectivity index (χ3n) is 12.2. The Morgan fingerprint density at radius 1 is 0.277 bits per heavy atom. The van der Waals surface area contributed by atoms with Crippen LogP contribution in [0.5, 0.6) is 0 Å². The van der Waals surface area contributed by atoms with Gasteiger partial charge in [0.25, 0.3) is 0 Å². The molecule has 0 unspecified atom stereocenters. The minimum Gasteiger partial charge on any atom is -0.0656 e. The summed E-state index contributed by atoms with van der Waals surface area (Å²) in [4.78, 5) is 0. The van der Waals surface area contributed by atoms with E-state index in [1.807, 2.05) is 0 Å². The SMILES string of the molecule is CC(C)(C)C.CC(C)C.CC(C)C(C)(C)C.CC(C)C(C)C.CCC.CCC(C)(C)C.CCC(C)C.CCC(C)C.CCCC.CCCC(C)C.CCCCC.CCCCCC.CCCCCCC.[2H]C([2H])([2H])C(C([2H])([2H])[2H])(C([2H])([2H])[2H])C([2H])([2H])C.[2H]C([2H])([2H])C(C)(C([2H])([2H])[2H])C([2H])([2H])[2H].[2H]C([2H])([2H])C(CC)(C([2H])([2H])[2H])C([2H])([2H])[2H].[2H]C([2H])([2H])C(CC)C([2H])([2H])[2H].[2H]C([2H])([2H])C([2H])(C([2H])([2H])[2H])C([2H])([2H])C.[2H]C([2H])([2H])C([2H])(C)C([2H])([2H])[2H].[2H]C([2H])([2H])C([2H])(CC)C([2H])([2H])[2H].[2H]C([2H])([2H])C([2H])([2H])C.[2H]C([2H])([2H])C([2H])([2H])C([2H])([2H])C.[2H]C([2H])([2H])C([2H])([2H])CC.[2H]C([2H])([2H])CC. The van der Waals surface area contributed by atoms with Crippen molar-refractivity contribution in [3.8, 4) is 0 Å². The zero-order valence-electron chi connectivity index (χ0n) is 168. The molecule has 0 aliphatic rings. The lowest BCUT2D eigenvalue weighted by Crippen LogP contribution is -2.12. The maximum Gasteiger partial charge on any atom is 0.0297 e. The summed E-state index contributed by atoms with van der Waals surface area (Å²) in [5.74, 6) is -3.00. The highest BCUT2D eigenvalue weighted by Crippen LogP contribution is 2.24. The molecule has 0 heterocycles. The van der Waals surface area contributed by atoms with Crippen molar-refractivity contribution in [3.63, 3.8) is 0 Å². The standard InChI is InChI=1S/2C7H16.6C6H14.8C5H12.5C4H10.3C3H8/c1-6(2)7(3,4)5;1-3-5-7-6-4-2;3*1-5-6(2,3)4;1-5(2)6(3)4;1-4-5-6(2)3;1-3-5-6-4-2;2*1-5(2,3)4;5*1-4-5(2)3;1-3-5-4-2;2*1-4(2)3;3*1-3-4-2;3*1-3-2/h6H,1-5H3;3-7H2,1-2H3;3*5H2,1-4H3;5-6H,1-4H3;6H,4-5H2,1-3H3;3-6H2,1-2H3;2*1-4H3;5*5H,4H2,1-3H3;3-5H2,1-2H3;2*4H,1-3H3;3*3-4H2,1-2H3;3*3H2,1-2H3/i;;2D3,3D3,4D3,5D2;2D3,3D3,4D3;;;;;1D3,2D3,3D3;;2D3,3D3,4D2,5D;2D3,3D3,5D;2D3,3D3;;;;1D3,2D3,4D;;1D3,3D2,4D2;1D3,3D2;;1D3,3D2;1D3;. The lowest BCUT2D eigenvalue weighted by molar-refractivity contribution is 0.283. The van der Waals surface area contributed by atoms with E-state index in [2.05, 4.69) is 270 Å². The van der Waals surface area contributed by atoms with E-state index in [1.165, 1.54) is 149 Å². The van der Waals surface area contributed by atoms with Gasteiger partial charge in [-0.3, -0.25) is 0 Å². The van der Waals surface area contributed by atoms with Crippen LogP contribution in [0.25, 0.3) is 0 Å². The average Bonchev–Trinajstić information content (AvgIpc) is 0.696.